The second kappa shape index (κ2) is 9.55. The lowest BCUT2D eigenvalue weighted by Crippen LogP contribution is -2.41. The Balaban J connectivity index is 1.16. The predicted molar refractivity (Wildman–Crippen MR) is 124 cm³/mol. The fraction of sp³-hybridized carbons (Fsp3) is 0.560. The van der Waals surface area contributed by atoms with Gasteiger partial charge >= 0.3 is 0 Å². The van der Waals surface area contributed by atoms with Gasteiger partial charge < -0.3 is 15.0 Å². The van der Waals surface area contributed by atoms with Crippen LogP contribution in [0.1, 0.15) is 52.9 Å². The second-order valence-corrected chi connectivity index (χ2v) is 9.26. The summed E-state index contributed by atoms with van der Waals surface area (Å²) in [6, 6.07) is 7.47. The quantitative estimate of drug-likeness (QED) is 0.752. The van der Waals surface area contributed by atoms with Gasteiger partial charge in [0, 0.05) is 45.9 Å². The number of benzene rings is 1. The SMILES string of the molecule is COC1CCN(c2cnc(C(=O)NCc3ccc4c(c3)CCN(C3CCC3)CC4)cn2)C1. The lowest BCUT2D eigenvalue weighted by atomic mass is 9.91. The van der Waals surface area contributed by atoms with E-state index >= 15 is 0 Å². The highest BCUT2D eigenvalue weighted by atomic mass is 16.5. The molecule has 5 rings (SSSR count). The van der Waals surface area contributed by atoms with Gasteiger partial charge in [-0.05, 0) is 48.8 Å². The van der Waals surface area contributed by atoms with Crippen molar-refractivity contribution < 1.29 is 9.53 Å². The van der Waals surface area contributed by atoms with E-state index in [4.69, 9.17) is 4.74 Å². The van der Waals surface area contributed by atoms with Crippen LogP contribution in [0, 0.1) is 0 Å². The van der Waals surface area contributed by atoms with Gasteiger partial charge in [0.25, 0.3) is 5.91 Å². The molecule has 2 fully saturated rings. The number of nitrogens with one attached hydrogen (secondary N) is 1. The Labute approximate surface area is 190 Å². The lowest BCUT2D eigenvalue weighted by Gasteiger charge is -2.36. The van der Waals surface area contributed by atoms with Crippen molar-refractivity contribution in [3.63, 3.8) is 0 Å². The van der Waals surface area contributed by atoms with E-state index in [1.54, 1.807) is 19.5 Å². The number of nitrogens with zero attached hydrogens (tertiary/aromatic N) is 4. The molecule has 1 atom stereocenters. The lowest BCUT2D eigenvalue weighted by molar-refractivity contribution is 0.0945. The van der Waals surface area contributed by atoms with Crippen LogP contribution in [0.25, 0.3) is 0 Å². The predicted octanol–water partition coefficient (Wildman–Crippen LogP) is 2.58. The molecule has 1 unspecified atom stereocenters. The summed E-state index contributed by atoms with van der Waals surface area (Å²) in [6.45, 7) is 4.54. The summed E-state index contributed by atoms with van der Waals surface area (Å²) in [5, 5.41) is 3.00. The molecule has 1 aromatic carbocycles. The van der Waals surface area contributed by atoms with Gasteiger partial charge in [0.2, 0.25) is 0 Å². The highest BCUT2D eigenvalue weighted by Gasteiger charge is 2.26. The minimum Gasteiger partial charge on any atom is -0.380 e. The van der Waals surface area contributed by atoms with Crippen LogP contribution in [0.5, 0.6) is 0 Å². The maximum atomic E-state index is 12.6. The molecule has 1 aliphatic carbocycles. The fourth-order valence-corrected chi connectivity index (χ4v) is 5.03. The summed E-state index contributed by atoms with van der Waals surface area (Å²) >= 11 is 0. The van der Waals surface area contributed by atoms with Crippen molar-refractivity contribution in [3.05, 3.63) is 53.0 Å². The van der Waals surface area contributed by atoms with Gasteiger partial charge in [0.15, 0.2) is 0 Å². The number of methoxy groups -OCH3 is 1. The average Bonchev–Trinajstić information content (AvgIpc) is 3.19. The molecule has 7 nitrogen and oxygen atoms in total. The van der Waals surface area contributed by atoms with E-state index in [-0.39, 0.29) is 12.0 Å². The Hall–Kier alpha value is -2.51. The largest absolute Gasteiger partial charge is 0.380 e. The molecule has 2 aromatic rings. The molecule has 0 radical (unpaired) electrons. The molecule has 0 bridgehead atoms. The van der Waals surface area contributed by atoms with Gasteiger partial charge in [-0.15, -0.1) is 0 Å². The van der Waals surface area contributed by atoms with Crippen molar-refractivity contribution >= 4 is 11.7 Å². The minimum absolute atomic E-state index is 0.189. The van der Waals surface area contributed by atoms with Gasteiger partial charge in [-0.3, -0.25) is 9.69 Å². The third kappa shape index (κ3) is 4.64. The summed E-state index contributed by atoms with van der Waals surface area (Å²) in [4.78, 5) is 26.2. The van der Waals surface area contributed by atoms with Crippen LogP contribution in [-0.4, -0.2) is 66.2 Å². The van der Waals surface area contributed by atoms with Crippen LogP contribution >= 0.6 is 0 Å². The Morgan fingerprint density at radius 1 is 1.09 bits per heavy atom. The number of carbonyl (C=O) groups excluding carboxylic acids is 1. The second-order valence-electron chi connectivity index (χ2n) is 9.26. The first-order chi connectivity index (χ1) is 15.7. The molecule has 1 saturated heterocycles. The summed E-state index contributed by atoms with van der Waals surface area (Å²) in [7, 11) is 1.74. The van der Waals surface area contributed by atoms with Gasteiger partial charge in [-0.25, -0.2) is 9.97 Å². The molecule has 170 valence electrons. The molecule has 1 N–H and O–H groups in total. The minimum atomic E-state index is -0.189. The first-order valence-corrected chi connectivity index (χ1v) is 11.9. The van der Waals surface area contributed by atoms with Crippen LogP contribution < -0.4 is 10.2 Å². The number of carbonyl (C=O) groups is 1. The Morgan fingerprint density at radius 3 is 2.62 bits per heavy atom. The molecular formula is C25H33N5O2. The monoisotopic (exact) mass is 435 g/mol. The van der Waals surface area contributed by atoms with E-state index in [0.717, 1.165) is 56.3 Å². The van der Waals surface area contributed by atoms with E-state index in [2.05, 4.69) is 43.3 Å². The molecule has 1 aromatic heterocycles. The van der Waals surface area contributed by atoms with Gasteiger partial charge in [-0.2, -0.15) is 0 Å². The van der Waals surface area contributed by atoms with Crippen molar-refractivity contribution in [2.24, 2.45) is 0 Å². The van der Waals surface area contributed by atoms with Crippen molar-refractivity contribution in [1.29, 1.82) is 0 Å². The van der Waals surface area contributed by atoms with Crippen molar-refractivity contribution in [1.82, 2.24) is 20.2 Å². The van der Waals surface area contributed by atoms with Crippen molar-refractivity contribution in [3.8, 4) is 0 Å². The van der Waals surface area contributed by atoms with E-state index in [9.17, 15) is 4.79 Å². The number of aromatic nitrogens is 2. The van der Waals surface area contributed by atoms with Crippen molar-refractivity contribution in [2.45, 2.75) is 57.2 Å². The molecule has 2 aliphatic heterocycles. The maximum Gasteiger partial charge on any atom is 0.271 e. The smallest absolute Gasteiger partial charge is 0.271 e. The van der Waals surface area contributed by atoms with Gasteiger partial charge in [0.1, 0.15) is 11.5 Å². The van der Waals surface area contributed by atoms with Crippen LogP contribution in [0.4, 0.5) is 5.82 Å². The van der Waals surface area contributed by atoms with E-state index in [1.165, 1.54) is 36.9 Å². The van der Waals surface area contributed by atoms with Crippen LogP contribution in [0.3, 0.4) is 0 Å². The highest BCUT2D eigenvalue weighted by Crippen LogP contribution is 2.27. The molecule has 3 heterocycles. The van der Waals surface area contributed by atoms with E-state index in [1.807, 2.05) is 0 Å². The third-order valence-electron chi connectivity index (χ3n) is 7.32. The number of fused-ring (bicyclic) bond motifs is 1. The van der Waals surface area contributed by atoms with E-state index < -0.39 is 0 Å². The van der Waals surface area contributed by atoms with Crippen molar-refractivity contribution in [2.75, 3.05) is 38.2 Å². The maximum absolute atomic E-state index is 12.6. The summed E-state index contributed by atoms with van der Waals surface area (Å²) in [6.07, 6.45) is 10.8. The molecule has 1 saturated carbocycles. The molecule has 0 spiro atoms. The number of ether oxygens (including phenoxy) is 1. The first kappa shape index (κ1) is 21.3. The number of anilines is 1. The van der Waals surface area contributed by atoms with Crippen LogP contribution in [0.2, 0.25) is 0 Å². The standard InChI is InChI=1S/C25H33N5O2/c1-32-22-9-12-30(17-22)24-16-26-23(15-27-24)25(31)28-14-18-5-6-19-7-10-29(21-3-2-4-21)11-8-20(19)13-18/h5-6,13,15-16,21-22H,2-4,7-12,14,17H2,1H3,(H,28,31). The number of hydrogen-bond acceptors (Lipinski definition) is 6. The summed E-state index contributed by atoms with van der Waals surface area (Å²) in [5.74, 6) is 0.606. The zero-order valence-corrected chi connectivity index (χ0v) is 18.9. The van der Waals surface area contributed by atoms with E-state index in [0.29, 0.717) is 12.2 Å². The zero-order valence-electron chi connectivity index (χ0n) is 18.9. The fourth-order valence-electron chi connectivity index (χ4n) is 5.03. The van der Waals surface area contributed by atoms with Crippen LogP contribution in [-0.2, 0) is 24.1 Å². The Morgan fingerprint density at radius 2 is 1.94 bits per heavy atom. The molecule has 32 heavy (non-hydrogen) atoms. The third-order valence-corrected chi connectivity index (χ3v) is 7.32. The topological polar surface area (TPSA) is 70.6 Å². The Bertz CT molecular complexity index is 944. The zero-order chi connectivity index (χ0) is 21.9. The highest BCUT2D eigenvalue weighted by molar-refractivity contribution is 5.92. The molecular weight excluding hydrogens is 402 g/mol. The van der Waals surface area contributed by atoms with Crippen LogP contribution in [0.15, 0.2) is 30.6 Å². The van der Waals surface area contributed by atoms with Gasteiger partial charge in [-0.1, -0.05) is 24.6 Å². The molecule has 7 heteroatoms. The summed E-state index contributed by atoms with van der Waals surface area (Å²) < 4.78 is 5.41. The average molecular weight is 436 g/mol. The molecule has 3 aliphatic rings. The molecule has 1 amide bonds. The normalized spacial score (nSPS) is 21.7. The first-order valence-electron chi connectivity index (χ1n) is 11.9. The Kier molecular flexibility index (Phi) is 6.37. The summed E-state index contributed by atoms with van der Waals surface area (Å²) in [5.41, 5.74) is 4.38. The number of hydrogen-bond donors (Lipinski definition) is 1. The number of rotatable bonds is 6. The number of amides is 1. The van der Waals surface area contributed by atoms with Gasteiger partial charge in [0.05, 0.1) is 18.5 Å².